The molecule has 1 aromatic carbocycles. The summed E-state index contributed by atoms with van der Waals surface area (Å²) in [6, 6.07) is 8.58. The molecule has 1 saturated heterocycles. The first-order chi connectivity index (χ1) is 9.33. The van der Waals surface area contributed by atoms with Gasteiger partial charge in [-0.2, -0.15) is 0 Å². The van der Waals surface area contributed by atoms with Gasteiger partial charge in [0.15, 0.2) is 0 Å². The number of amides is 1. The molecule has 2 aromatic rings. The molecular weight excluding hydrogens is 238 g/mol. The number of fused-ring (bicyclic) bond motifs is 1. The van der Waals surface area contributed by atoms with Crippen molar-refractivity contribution in [3.8, 4) is 0 Å². The molecule has 19 heavy (non-hydrogen) atoms. The third-order valence-electron chi connectivity index (χ3n) is 3.56. The molecule has 1 amide bonds. The Morgan fingerprint density at radius 3 is 3.16 bits per heavy atom. The average molecular weight is 255 g/mol. The Hall–Kier alpha value is -1.94. The Kier molecular flexibility index (Phi) is 3.42. The van der Waals surface area contributed by atoms with Gasteiger partial charge in [0.2, 0.25) is 5.91 Å². The lowest BCUT2D eigenvalue weighted by Gasteiger charge is -2.12. The zero-order chi connectivity index (χ0) is 13.1. The minimum Gasteiger partial charge on any atom is -0.352 e. The van der Waals surface area contributed by atoms with Crippen LogP contribution in [0.1, 0.15) is 18.4 Å². The zero-order valence-corrected chi connectivity index (χ0v) is 10.7. The summed E-state index contributed by atoms with van der Waals surface area (Å²) in [4.78, 5) is 15.3. The number of nitrogens with zero attached hydrogens (tertiary/aromatic N) is 1. The molecule has 0 bridgehead atoms. The van der Waals surface area contributed by atoms with Gasteiger partial charge in [0.25, 0.3) is 0 Å². The number of rotatable bonds is 4. The lowest BCUT2D eigenvalue weighted by molar-refractivity contribution is -0.119. The summed E-state index contributed by atoms with van der Waals surface area (Å²) in [5.41, 5.74) is 1.27. The number of hydrogen-bond donors (Lipinski definition) is 2. The molecule has 1 aromatic heterocycles. The Morgan fingerprint density at radius 2 is 2.32 bits per heavy atom. The average Bonchev–Trinajstić information content (AvgIpc) is 2.85. The van der Waals surface area contributed by atoms with Gasteiger partial charge in [-0.3, -0.25) is 9.78 Å². The van der Waals surface area contributed by atoms with Gasteiger partial charge in [0.1, 0.15) is 0 Å². The highest BCUT2D eigenvalue weighted by molar-refractivity contribution is 5.84. The fraction of sp³-hybridized carbons (Fsp3) is 0.333. The highest BCUT2D eigenvalue weighted by Gasteiger charge is 2.19. The molecule has 0 spiro atoms. The van der Waals surface area contributed by atoms with E-state index in [4.69, 9.17) is 0 Å². The predicted molar refractivity (Wildman–Crippen MR) is 74.6 cm³/mol. The summed E-state index contributed by atoms with van der Waals surface area (Å²) in [6.07, 6.45) is 5.30. The Bertz CT molecular complexity index is 591. The van der Waals surface area contributed by atoms with Crippen LogP contribution in [0.3, 0.4) is 0 Å². The van der Waals surface area contributed by atoms with Crippen LogP contribution in [0.5, 0.6) is 0 Å². The van der Waals surface area contributed by atoms with Crippen LogP contribution in [0.25, 0.3) is 10.8 Å². The van der Waals surface area contributed by atoms with Crippen LogP contribution < -0.4 is 10.6 Å². The molecule has 3 rings (SSSR count). The number of carbonyl (C=O) groups is 1. The third kappa shape index (κ3) is 2.74. The SMILES string of the molecule is O=C1CCC(CNCc2cccc3cnccc23)N1. The lowest BCUT2D eigenvalue weighted by Crippen LogP contribution is -2.35. The summed E-state index contributed by atoms with van der Waals surface area (Å²) < 4.78 is 0. The number of hydrogen-bond acceptors (Lipinski definition) is 3. The van der Waals surface area contributed by atoms with Gasteiger partial charge in [-0.25, -0.2) is 0 Å². The topological polar surface area (TPSA) is 54.0 Å². The van der Waals surface area contributed by atoms with Crippen LogP contribution >= 0.6 is 0 Å². The van der Waals surface area contributed by atoms with Crippen LogP contribution in [0.4, 0.5) is 0 Å². The monoisotopic (exact) mass is 255 g/mol. The van der Waals surface area contributed by atoms with Gasteiger partial charge < -0.3 is 10.6 Å². The van der Waals surface area contributed by atoms with E-state index in [1.807, 2.05) is 18.5 Å². The molecule has 2 N–H and O–H groups in total. The van der Waals surface area contributed by atoms with Gasteiger partial charge in [0, 0.05) is 43.3 Å². The smallest absolute Gasteiger partial charge is 0.220 e. The van der Waals surface area contributed by atoms with E-state index in [0.717, 1.165) is 24.9 Å². The zero-order valence-electron chi connectivity index (χ0n) is 10.7. The van der Waals surface area contributed by atoms with Crippen molar-refractivity contribution >= 4 is 16.7 Å². The standard InChI is InChI=1S/C15H17N3O/c19-15-5-4-13(18-15)10-17-9-12-3-1-2-11-8-16-7-6-14(11)12/h1-3,6-8,13,17H,4-5,9-10H2,(H,18,19). The maximum absolute atomic E-state index is 11.1. The molecule has 1 aliphatic rings. The normalized spacial score (nSPS) is 18.7. The second-order valence-corrected chi connectivity index (χ2v) is 4.95. The molecule has 2 heterocycles. The van der Waals surface area contributed by atoms with Crippen molar-refractivity contribution in [1.82, 2.24) is 15.6 Å². The highest BCUT2D eigenvalue weighted by atomic mass is 16.1. The number of benzene rings is 1. The molecule has 0 saturated carbocycles. The van der Waals surface area contributed by atoms with Crippen molar-refractivity contribution in [1.29, 1.82) is 0 Å². The molecule has 0 radical (unpaired) electrons. The fourth-order valence-electron chi connectivity index (χ4n) is 2.56. The first-order valence-electron chi connectivity index (χ1n) is 6.64. The summed E-state index contributed by atoms with van der Waals surface area (Å²) in [6.45, 7) is 1.64. The molecule has 98 valence electrons. The van der Waals surface area contributed by atoms with Gasteiger partial charge in [-0.1, -0.05) is 18.2 Å². The van der Waals surface area contributed by atoms with E-state index in [9.17, 15) is 4.79 Å². The van der Waals surface area contributed by atoms with Crippen molar-refractivity contribution in [3.05, 3.63) is 42.2 Å². The quantitative estimate of drug-likeness (QED) is 0.872. The first-order valence-corrected chi connectivity index (χ1v) is 6.64. The molecule has 1 unspecified atom stereocenters. The van der Waals surface area contributed by atoms with Crippen molar-refractivity contribution in [2.75, 3.05) is 6.54 Å². The van der Waals surface area contributed by atoms with Gasteiger partial charge in [-0.15, -0.1) is 0 Å². The fourth-order valence-corrected chi connectivity index (χ4v) is 2.56. The van der Waals surface area contributed by atoms with Crippen LogP contribution in [0, 0.1) is 0 Å². The highest BCUT2D eigenvalue weighted by Crippen LogP contribution is 2.17. The van der Waals surface area contributed by atoms with Crippen LogP contribution in [0.15, 0.2) is 36.7 Å². The van der Waals surface area contributed by atoms with Crippen LogP contribution in [0.2, 0.25) is 0 Å². The minimum atomic E-state index is 0.169. The molecule has 4 nitrogen and oxygen atoms in total. The Morgan fingerprint density at radius 1 is 1.37 bits per heavy atom. The number of nitrogens with one attached hydrogen (secondary N) is 2. The molecular formula is C15H17N3O. The number of carbonyl (C=O) groups excluding carboxylic acids is 1. The van der Waals surface area contributed by atoms with E-state index in [-0.39, 0.29) is 11.9 Å². The van der Waals surface area contributed by atoms with Gasteiger partial charge >= 0.3 is 0 Å². The molecule has 0 aliphatic carbocycles. The van der Waals surface area contributed by atoms with E-state index in [1.54, 1.807) is 0 Å². The summed E-state index contributed by atoms with van der Waals surface area (Å²) in [5.74, 6) is 0.169. The second-order valence-electron chi connectivity index (χ2n) is 4.95. The van der Waals surface area contributed by atoms with E-state index < -0.39 is 0 Å². The summed E-state index contributed by atoms with van der Waals surface area (Å²) >= 11 is 0. The number of pyridine rings is 1. The van der Waals surface area contributed by atoms with Crippen molar-refractivity contribution in [2.24, 2.45) is 0 Å². The van der Waals surface area contributed by atoms with Crippen molar-refractivity contribution in [2.45, 2.75) is 25.4 Å². The maximum atomic E-state index is 11.1. The summed E-state index contributed by atoms with van der Waals surface area (Å²) in [5, 5.41) is 8.79. The lowest BCUT2D eigenvalue weighted by atomic mass is 10.1. The van der Waals surface area contributed by atoms with Gasteiger partial charge in [-0.05, 0) is 23.4 Å². The largest absolute Gasteiger partial charge is 0.352 e. The van der Waals surface area contributed by atoms with Crippen LogP contribution in [-0.2, 0) is 11.3 Å². The van der Waals surface area contributed by atoms with Crippen molar-refractivity contribution < 1.29 is 4.79 Å². The van der Waals surface area contributed by atoms with Crippen molar-refractivity contribution in [3.63, 3.8) is 0 Å². The molecule has 1 aliphatic heterocycles. The Labute approximate surface area is 112 Å². The van der Waals surface area contributed by atoms with Gasteiger partial charge in [0.05, 0.1) is 0 Å². The second kappa shape index (κ2) is 5.36. The third-order valence-corrected chi connectivity index (χ3v) is 3.56. The first kappa shape index (κ1) is 12.1. The van der Waals surface area contributed by atoms with E-state index >= 15 is 0 Å². The van der Waals surface area contributed by atoms with E-state index in [1.165, 1.54) is 10.9 Å². The Balaban J connectivity index is 1.64. The maximum Gasteiger partial charge on any atom is 0.220 e. The molecule has 1 fully saturated rings. The number of aromatic nitrogens is 1. The minimum absolute atomic E-state index is 0.169. The summed E-state index contributed by atoms with van der Waals surface area (Å²) in [7, 11) is 0. The van der Waals surface area contributed by atoms with Crippen LogP contribution in [-0.4, -0.2) is 23.5 Å². The predicted octanol–water partition coefficient (Wildman–Crippen LogP) is 1.60. The molecule has 4 heteroatoms. The van der Waals surface area contributed by atoms with E-state index in [0.29, 0.717) is 6.42 Å². The van der Waals surface area contributed by atoms with E-state index in [2.05, 4.69) is 33.8 Å². The molecule has 1 atom stereocenters.